The summed E-state index contributed by atoms with van der Waals surface area (Å²) in [6.07, 6.45) is -0.669. The fourth-order valence-electron chi connectivity index (χ4n) is 6.30. The summed E-state index contributed by atoms with van der Waals surface area (Å²) in [6, 6.07) is 13.2. The van der Waals surface area contributed by atoms with Crippen molar-refractivity contribution in [3.05, 3.63) is 81.6 Å². The zero-order chi connectivity index (χ0) is 32.9. The van der Waals surface area contributed by atoms with Crippen molar-refractivity contribution >= 4 is 62.3 Å². The second-order valence-electron chi connectivity index (χ2n) is 12.4. The molecular formula is C31H33Cl2FN4O6S. The van der Waals surface area contributed by atoms with Crippen molar-refractivity contribution in [1.82, 2.24) is 5.32 Å². The molecule has 2 aliphatic heterocycles. The summed E-state index contributed by atoms with van der Waals surface area (Å²) >= 11 is 12.5. The average molecular weight is 680 g/mol. The monoisotopic (exact) mass is 678 g/mol. The van der Waals surface area contributed by atoms with Gasteiger partial charge in [-0.3, -0.25) is 20.2 Å². The predicted octanol–water partition coefficient (Wildman–Crippen LogP) is 6.47. The summed E-state index contributed by atoms with van der Waals surface area (Å²) in [7, 11) is -2.20. The van der Waals surface area contributed by atoms with Crippen molar-refractivity contribution in [2.45, 2.75) is 50.8 Å². The van der Waals surface area contributed by atoms with Gasteiger partial charge in [-0.1, -0.05) is 62.2 Å². The lowest BCUT2D eigenvalue weighted by atomic mass is 9.63. The van der Waals surface area contributed by atoms with Crippen LogP contribution >= 0.6 is 23.2 Å². The van der Waals surface area contributed by atoms with Crippen LogP contribution < -0.4 is 25.4 Å². The van der Waals surface area contributed by atoms with Crippen LogP contribution in [-0.4, -0.2) is 46.1 Å². The van der Waals surface area contributed by atoms with E-state index in [0.29, 0.717) is 22.7 Å². The minimum atomic E-state index is -3.56. The van der Waals surface area contributed by atoms with Gasteiger partial charge in [0.05, 0.1) is 35.7 Å². The Morgan fingerprint density at radius 2 is 1.84 bits per heavy atom. The van der Waals surface area contributed by atoms with Gasteiger partial charge in [0, 0.05) is 22.8 Å². The van der Waals surface area contributed by atoms with E-state index in [0.717, 1.165) is 6.26 Å². The third kappa shape index (κ3) is 6.42. The van der Waals surface area contributed by atoms with Gasteiger partial charge in [0.1, 0.15) is 17.0 Å². The van der Waals surface area contributed by atoms with Crippen LogP contribution in [-0.2, 0) is 25.0 Å². The van der Waals surface area contributed by atoms with Gasteiger partial charge in [0.25, 0.3) is 0 Å². The van der Waals surface area contributed by atoms with Gasteiger partial charge in [-0.25, -0.2) is 17.6 Å². The van der Waals surface area contributed by atoms with Crippen LogP contribution in [0, 0.1) is 11.2 Å². The lowest BCUT2D eigenvalue weighted by Crippen LogP contribution is -2.49. The number of nitrogens with one attached hydrogen (secondary N) is 4. The molecule has 0 unspecified atom stereocenters. The number of carbonyl (C=O) groups is 2. The maximum atomic E-state index is 15.9. The zero-order valence-electron chi connectivity index (χ0n) is 25.1. The number of sulfonamides is 1. The van der Waals surface area contributed by atoms with Gasteiger partial charge in [0.15, 0.2) is 6.23 Å². The quantitative estimate of drug-likeness (QED) is 0.225. The molecule has 0 aliphatic carbocycles. The van der Waals surface area contributed by atoms with E-state index in [9.17, 15) is 18.0 Å². The molecule has 10 nitrogen and oxygen atoms in total. The van der Waals surface area contributed by atoms with E-state index in [1.807, 2.05) is 20.8 Å². The first-order chi connectivity index (χ1) is 21.0. The van der Waals surface area contributed by atoms with Crippen molar-refractivity contribution in [2.24, 2.45) is 5.41 Å². The average Bonchev–Trinajstić information content (AvgIpc) is 3.38. The number of halogens is 3. The molecule has 2 heterocycles. The van der Waals surface area contributed by atoms with Gasteiger partial charge in [-0.15, -0.1) is 0 Å². The highest BCUT2D eigenvalue weighted by Gasteiger charge is 2.66. The molecule has 1 saturated heterocycles. The van der Waals surface area contributed by atoms with E-state index >= 15 is 4.39 Å². The first kappa shape index (κ1) is 32.8. The van der Waals surface area contributed by atoms with E-state index in [1.165, 1.54) is 37.4 Å². The summed E-state index contributed by atoms with van der Waals surface area (Å²) in [6.45, 7) is 6.05. The third-order valence-electron chi connectivity index (χ3n) is 7.87. The molecular weight excluding hydrogens is 646 g/mol. The minimum absolute atomic E-state index is 0.0935. The molecule has 3 aromatic carbocycles. The Morgan fingerprint density at radius 1 is 1.11 bits per heavy atom. The Bertz CT molecular complexity index is 1780. The topological polar surface area (TPSA) is 135 Å². The molecule has 0 saturated carbocycles. The molecule has 14 heteroatoms. The second-order valence-corrected chi connectivity index (χ2v) is 15.0. The van der Waals surface area contributed by atoms with Gasteiger partial charge in [-0.2, -0.15) is 0 Å². The fraction of sp³-hybridized carbons (Fsp3) is 0.355. The zero-order valence-corrected chi connectivity index (χ0v) is 27.5. The maximum absolute atomic E-state index is 15.9. The lowest BCUT2D eigenvalue weighted by Gasteiger charge is -2.37. The SMILES string of the molecule is COc1cc(NS(C)(=O)=O)ccc1NC(=O)O[C@H]1N[C@@H](CC(C)(C)C)[C@@]2(C(=O)Nc3cc(Cl)ccc32)[C@H]1c1cccc(Cl)c1F. The molecule has 2 aliphatic rings. The summed E-state index contributed by atoms with van der Waals surface area (Å²) in [5.41, 5.74) is -0.145. The molecule has 2 amide bonds. The Hall–Kier alpha value is -3.58. The van der Waals surface area contributed by atoms with Crippen LogP contribution in [0.3, 0.4) is 0 Å². The second kappa shape index (κ2) is 12.0. The number of ether oxygens (including phenoxy) is 2. The smallest absolute Gasteiger partial charge is 0.413 e. The number of fused-ring (bicyclic) bond motifs is 2. The number of hydrogen-bond donors (Lipinski definition) is 4. The first-order valence-electron chi connectivity index (χ1n) is 14.0. The van der Waals surface area contributed by atoms with Crippen molar-refractivity contribution in [3.8, 4) is 5.75 Å². The number of carbonyl (C=O) groups excluding carboxylic acids is 2. The van der Waals surface area contributed by atoms with Crippen LogP contribution in [0.25, 0.3) is 0 Å². The molecule has 0 aromatic heterocycles. The number of hydrogen-bond acceptors (Lipinski definition) is 7. The molecule has 4 atom stereocenters. The number of anilines is 3. The van der Waals surface area contributed by atoms with Crippen LogP contribution in [0.1, 0.15) is 44.2 Å². The Kier molecular flexibility index (Phi) is 8.73. The van der Waals surface area contributed by atoms with E-state index in [-0.39, 0.29) is 33.1 Å². The van der Waals surface area contributed by atoms with E-state index in [1.54, 1.807) is 24.3 Å². The number of rotatable bonds is 7. The third-order valence-corrected chi connectivity index (χ3v) is 9.00. The molecule has 240 valence electrons. The lowest BCUT2D eigenvalue weighted by molar-refractivity contribution is -0.122. The summed E-state index contributed by atoms with van der Waals surface area (Å²) < 4.78 is 52.9. The number of methoxy groups -OCH3 is 1. The molecule has 1 fully saturated rings. The maximum Gasteiger partial charge on any atom is 0.413 e. The van der Waals surface area contributed by atoms with Crippen molar-refractivity contribution in [3.63, 3.8) is 0 Å². The van der Waals surface area contributed by atoms with Gasteiger partial charge in [-0.05, 0) is 53.3 Å². The normalized spacial score (nSPS) is 22.6. The van der Waals surface area contributed by atoms with Crippen molar-refractivity contribution < 1.29 is 31.9 Å². The molecule has 5 rings (SSSR count). The highest BCUT2D eigenvalue weighted by atomic mass is 35.5. The van der Waals surface area contributed by atoms with Crippen LogP contribution in [0.2, 0.25) is 10.0 Å². The molecule has 0 bridgehead atoms. The van der Waals surface area contributed by atoms with E-state index in [4.69, 9.17) is 32.7 Å². The van der Waals surface area contributed by atoms with E-state index < -0.39 is 51.4 Å². The highest BCUT2D eigenvalue weighted by molar-refractivity contribution is 7.92. The predicted molar refractivity (Wildman–Crippen MR) is 172 cm³/mol. The summed E-state index contributed by atoms with van der Waals surface area (Å²) in [5, 5.41) is 9.16. The van der Waals surface area contributed by atoms with Crippen LogP contribution in [0.15, 0.2) is 54.6 Å². The molecule has 3 aromatic rings. The summed E-state index contributed by atoms with van der Waals surface area (Å²) in [5.74, 6) is -2.03. The number of amides is 2. The van der Waals surface area contributed by atoms with Crippen LogP contribution in [0.5, 0.6) is 5.75 Å². The largest absolute Gasteiger partial charge is 0.494 e. The number of benzene rings is 3. The Labute approximate surface area is 271 Å². The van der Waals surface area contributed by atoms with Crippen molar-refractivity contribution in [1.29, 1.82) is 0 Å². The fourth-order valence-corrected chi connectivity index (χ4v) is 7.20. The highest BCUT2D eigenvalue weighted by Crippen LogP contribution is 2.57. The molecule has 4 N–H and O–H groups in total. The molecule has 1 spiro atoms. The van der Waals surface area contributed by atoms with Gasteiger partial charge < -0.3 is 14.8 Å². The molecule has 45 heavy (non-hydrogen) atoms. The Morgan fingerprint density at radius 3 is 2.51 bits per heavy atom. The van der Waals surface area contributed by atoms with Gasteiger partial charge >= 0.3 is 6.09 Å². The first-order valence-corrected chi connectivity index (χ1v) is 16.6. The minimum Gasteiger partial charge on any atom is -0.494 e. The molecule has 0 radical (unpaired) electrons. The summed E-state index contributed by atoms with van der Waals surface area (Å²) in [4.78, 5) is 27.7. The van der Waals surface area contributed by atoms with Crippen LogP contribution in [0.4, 0.5) is 26.2 Å². The van der Waals surface area contributed by atoms with E-state index in [2.05, 4.69) is 20.7 Å². The Balaban J connectivity index is 1.58. The van der Waals surface area contributed by atoms with Crippen molar-refractivity contribution in [2.75, 3.05) is 28.7 Å². The standard InChI is InChI=1S/C31H33Cl2FN4O6S/c1-30(2,3)15-24-31(19-11-9-16(32)13-22(19)35-28(31)39)25(18-7-6-8-20(33)26(18)34)27(37-24)44-29(40)36-21-12-10-17(14-23(21)43-4)38-45(5,41)42/h6-14,24-25,27,37-38H,15H2,1-5H3,(H,35,39)(H,36,40)/t24-,25-,27+,31+/m0/s1. The van der Waals surface area contributed by atoms with Gasteiger partial charge in [0.2, 0.25) is 15.9 Å².